The summed E-state index contributed by atoms with van der Waals surface area (Å²) >= 11 is 0. The van der Waals surface area contributed by atoms with Crippen molar-refractivity contribution in [1.82, 2.24) is 4.98 Å². The van der Waals surface area contributed by atoms with Gasteiger partial charge in [0.2, 0.25) is 9.84 Å². The van der Waals surface area contributed by atoms with Crippen LogP contribution >= 0.6 is 0 Å². The molecule has 0 aliphatic rings. The van der Waals surface area contributed by atoms with Gasteiger partial charge in [-0.05, 0) is 55.8 Å². The van der Waals surface area contributed by atoms with Gasteiger partial charge in [0.25, 0.3) is 0 Å². The normalized spacial score (nSPS) is 11.6. The van der Waals surface area contributed by atoms with Crippen LogP contribution in [0, 0.1) is 13.8 Å². The van der Waals surface area contributed by atoms with Gasteiger partial charge >= 0.3 is 0 Å². The molecule has 5 nitrogen and oxygen atoms in total. The summed E-state index contributed by atoms with van der Waals surface area (Å²) in [7, 11) is -3.64. The van der Waals surface area contributed by atoms with Crippen LogP contribution in [0.5, 0.6) is 11.5 Å². The number of fused-ring (bicyclic) bond motifs is 1. The van der Waals surface area contributed by atoms with Crippen molar-refractivity contribution in [3.63, 3.8) is 0 Å². The Kier molecular flexibility index (Phi) is 4.35. The van der Waals surface area contributed by atoms with Crippen LogP contribution in [-0.4, -0.2) is 13.4 Å². The zero-order valence-electron chi connectivity index (χ0n) is 15.6. The second kappa shape index (κ2) is 6.73. The number of hydrogen-bond donors (Lipinski definition) is 2. The monoisotopic (exact) mass is 392 g/mol. The molecule has 3 aromatic carbocycles. The number of benzene rings is 3. The number of nitrogens with two attached hydrogens (primary N) is 1. The maximum atomic E-state index is 13.1. The van der Waals surface area contributed by atoms with Crippen molar-refractivity contribution in [3.8, 4) is 11.5 Å². The summed E-state index contributed by atoms with van der Waals surface area (Å²) in [5, 5.41) is 0.584. The van der Waals surface area contributed by atoms with Gasteiger partial charge < -0.3 is 15.5 Å². The third-order valence-electron chi connectivity index (χ3n) is 4.82. The van der Waals surface area contributed by atoms with E-state index in [-0.39, 0.29) is 9.79 Å². The highest BCUT2D eigenvalue weighted by atomic mass is 32.2. The average Bonchev–Trinajstić information content (AvgIpc) is 3.13. The van der Waals surface area contributed by atoms with E-state index in [0.717, 1.165) is 16.6 Å². The van der Waals surface area contributed by atoms with E-state index in [1.807, 2.05) is 32.0 Å². The minimum atomic E-state index is -3.64. The number of hydrogen-bond acceptors (Lipinski definition) is 4. The Bertz CT molecular complexity index is 1280. The summed E-state index contributed by atoms with van der Waals surface area (Å²) in [6.07, 6.45) is 1.52. The molecule has 0 atom stereocenters. The van der Waals surface area contributed by atoms with Crippen LogP contribution in [0.15, 0.2) is 76.7 Å². The second-order valence-corrected chi connectivity index (χ2v) is 8.62. The third-order valence-corrected chi connectivity index (χ3v) is 6.63. The van der Waals surface area contributed by atoms with Gasteiger partial charge in [-0.1, -0.05) is 24.3 Å². The number of anilines is 1. The van der Waals surface area contributed by atoms with E-state index in [2.05, 4.69) is 4.98 Å². The number of nitrogen functional groups attached to an aromatic ring is 1. The van der Waals surface area contributed by atoms with E-state index in [1.54, 1.807) is 42.5 Å². The number of nitrogens with one attached hydrogen (secondary N) is 1. The van der Waals surface area contributed by atoms with E-state index in [0.29, 0.717) is 22.6 Å². The first-order valence-corrected chi connectivity index (χ1v) is 10.3. The van der Waals surface area contributed by atoms with E-state index in [9.17, 15) is 8.42 Å². The quantitative estimate of drug-likeness (QED) is 0.479. The van der Waals surface area contributed by atoms with Gasteiger partial charge in [0.05, 0.1) is 9.79 Å². The van der Waals surface area contributed by atoms with Crippen LogP contribution in [0.3, 0.4) is 0 Å². The number of aryl methyl sites for hydroxylation is 1. The molecule has 1 aromatic heterocycles. The standard InChI is InChI=1S/C22H20N2O3S/c1-14-8-10-19(23)15(2)22(14)27-16-9-11-20-18(12-16)21(13-24-20)28(25,26)17-6-4-3-5-7-17/h3-13,24H,23H2,1-2H3. The number of aromatic nitrogens is 1. The molecule has 0 fully saturated rings. The van der Waals surface area contributed by atoms with Crippen LogP contribution in [-0.2, 0) is 9.84 Å². The van der Waals surface area contributed by atoms with Gasteiger partial charge in [0.1, 0.15) is 11.5 Å². The molecular formula is C22H20N2O3S. The third kappa shape index (κ3) is 3.01. The molecular weight excluding hydrogens is 372 g/mol. The lowest BCUT2D eigenvalue weighted by atomic mass is 10.1. The van der Waals surface area contributed by atoms with E-state index >= 15 is 0 Å². The molecule has 0 aliphatic carbocycles. The fraction of sp³-hybridized carbons (Fsp3) is 0.0909. The number of aromatic amines is 1. The second-order valence-electron chi connectivity index (χ2n) is 6.70. The Hall–Kier alpha value is -3.25. The van der Waals surface area contributed by atoms with Gasteiger partial charge in [0, 0.05) is 28.4 Å². The molecule has 28 heavy (non-hydrogen) atoms. The smallest absolute Gasteiger partial charge is 0.208 e. The summed E-state index contributed by atoms with van der Waals surface area (Å²) in [6, 6.07) is 17.5. The highest BCUT2D eigenvalue weighted by Gasteiger charge is 2.22. The van der Waals surface area contributed by atoms with Crippen molar-refractivity contribution in [2.24, 2.45) is 0 Å². The van der Waals surface area contributed by atoms with Gasteiger partial charge in [0.15, 0.2) is 0 Å². The molecule has 0 amide bonds. The van der Waals surface area contributed by atoms with Crippen molar-refractivity contribution in [1.29, 1.82) is 0 Å². The highest BCUT2D eigenvalue weighted by molar-refractivity contribution is 7.91. The maximum absolute atomic E-state index is 13.1. The molecule has 3 N–H and O–H groups in total. The molecule has 0 unspecified atom stereocenters. The summed E-state index contributed by atoms with van der Waals surface area (Å²) in [5.74, 6) is 1.23. The fourth-order valence-corrected chi connectivity index (χ4v) is 4.65. The predicted molar refractivity (Wildman–Crippen MR) is 111 cm³/mol. The van der Waals surface area contributed by atoms with Crippen LogP contribution < -0.4 is 10.5 Å². The number of ether oxygens (including phenoxy) is 1. The Morgan fingerprint density at radius 1 is 0.964 bits per heavy atom. The van der Waals surface area contributed by atoms with Gasteiger partial charge in [-0.25, -0.2) is 8.42 Å². The zero-order chi connectivity index (χ0) is 19.9. The van der Waals surface area contributed by atoms with Crippen molar-refractivity contribution in [2.75, 3.05) is 5.73 Å². The fourth-order valence-electron chi connectivity index (χ4n) is 3.20. The molecule has 0 radical (unpaired) electrons. The molecule has 0 aliphatic heterocycles. The van der Waals surface area contributed by atoms with Gasteiger partial charge in [-0.2, -0.15) is 0 Å². The van der Waals surface area contributed by atoms with E-state index in [4.69, 9.17) is 10.5 Å². The molecule has 4 rings (SSSR count). The summed E-state index contributed by atoms with van der Waals surface area (Å²) in [5.41, 5.74) is 9.18. The largest absolute Gasteiger partial charge is 0.457 e. The number of H-pyrrole nitrogens is 1. The minimum absolute atomic E-state index is 0.222. The average molecular weight is 392 g/mol. The minimum Gasteiger partial charge on any atom is -0.457 e. The van der Waals surface area contributed by atoms with Crippen molar-refractivity contribution in [2.45, 2.75) is 23.6 Å². The first-order chi connectivity index (χ1) is 13.4. The lowest BCUT2D eigenvalue weighted by Gasteiger charge is -2.13. The molecule has 142 valence electrons. The van der Waals surface area contributed by atoms with Crippen LogP contribution in [0.1, 0.15) is 11.1 Å². The van der Waals surface area contributed by atoms with Crippen LogP contribution in [0.25, 0.3) is 10.9 Å². The first kappa shape index (κ1) is 18.1. The summed E-state index contributed by atoms with van der Waals surface area (Å²) in [4.78, 5) is 3.51. The molecule has 0 bridgehead atoms. The lowest BCUT2D eigenvalue weighted by Crippen LogP contribution is -2.01. The molecule has 1 heterocycles. The summed E-state index contributed by atoms with van der Waals surface area (Å²) < 4.78 is 32.2. The highest BCUT2D eigenvalue weighted by Crippen LogP contribution is 2.35. The molecule has 0 saturated carbocycles. The molecule has 0 spiro atoms. The van der Waals surface area contributed by atoms with Crippen molar-refractivity contribution in [3.05, 3.63) is 78.0 Å². The number of sulfone groups is 1. The van der Waals surface area contributed by atoms with Crippen LogP contribution in [0.2, 0.25) is 0 Å². The van der Waals surface area contributed by atoms with Crippen molar-refractivity contribution >= 4 is 26.4 Å². The Morgan fingerprint density at radius 3 is 2.46 bits per heavy atom. The topological polar surface area (TPSA) is 85.2 Å². The van der Waals surface area contributed by atoms with E-state index in [1.165, 1.54) is 6.20 Å². The molecule has 6 heteroatoms. The number of rotatable bonds is 4. The zero-order valence-corrected chi connectivity index (χ0v) is 16.4. The van der Waals surface area contributed by atoms with E-state index < -0.39 is 9.84 Å². The Morgan fingerprint density at radius 2 is 1.71 bits per heavy atom. The van der Waals surface area contributed by atoms with Crippen molar-refractivity contribution < 1.29 is 13.2 Å². The molecule has 4 aromatic rings. The Labute approximate surface area is 163 Å². The van der Waals surface area contributed by atoms with Gasteiger partial charge in [-0.3, -0.25) is 0 Å². The predicted octanol–water partition coefficient (Wildman–Crippen LogP) is 4.99. The SMILES string of the molecule is Cc1ccc(N)c(C)c1Oc1ccc2[nH]cc(S(=O)(=O)c3ccccc3)c2c1. The summed E-state index contributed by atoms with van der Waals surface area (Å²) in [6.45, 7) is 3.85. The maximum Gasteiger partial charge on any atom is 0.208 e. The Balaban J connectivity index is 1.81. The molecule has 0 saturated heterocycles. The van der Waals surface area contributed by atoms with Gasteiger partial charge in [-0.15, -0.1) is 0 Å². The first-order valence-electron chi connectivity index (χ1n) is 8.83. The van der Waals surface area contributed by atoms with Crippen LogP contribution in [0.4, 0.5) is 5.69 Å². The lowest BCUT2D eigenvalue weighted by molar-refractivity contribution is 0.476.